The first kappa shape index (κ1) is 11.7. The van der Waals surface area contributed by atoms with E-state index in [2.05, 4.69) is 5.32 Å². The summed E-state index contributed by atoms with van der Waals surface area (Å²) in [5, 5.41) is 2.70. The number of nitrogens with zero attached hydrogens (tertiary/aromatic N) is 1. The lowest BCUT2D eigenvalue weighted by Crippen LogP contribution is -2.56. The van der Waals surface area contributed by atoms with Crippen LogP contribution in [0.5, 0.6) is 0 Å². The zero-order valence-corrected chi connectivity index (χ0v) is 9.85. The predicted octanol–water partition coefficient (Wildman–Crippen LogP) is 1.33. The fourth-order valence-electron chi connectivity index (χ4n) is 2.09. The Balaban J connectivity index is 2.06. The van der Waals surface area contributed by atoms with Crippen molar-refractivity contribution in [1.82, 2.24) is 10.1 Å². The van der Waals surface area contributed by atoms with Gasteiger partial charge in [-0.05, 0) is 6.32 Å². The standard InChI is InChI=1S/C12H15BN2O2/c1-13(9-10-5-3-2-4-6-10)15-11(16)7-8-14-12(15)17/h2-6H,7-9H2,1H3,(H,14,17). The predicted molar refractivity (Wildman–Crippen MR) is 66.6 cm³/mol. The summed E-state index contributed by atoms with van der Waals surface area (Å²) < 4.78 is 0. The van der Waals surface area contributed by atoms with Crippen molar-refractivity contribution in [2.24, 2.45) is 0 Å². The Morgan fingerprint density at radius 2 is 2.00 bits per heavy atom. The Hall–Kier alpha value is -1.78. The third-order valence-electron chi connectivity index (χ3n) is 2.92. The molecular formula is C12H15BN2O2. The maximum Gasteiger partial charge on any atom is 0.311 e. The number of imide groups is 1. The van der Waals surface area contributed by atoms with E-state index in [4.69, 9.17) is 0 Å². The van der Waals surface area contributed by atoms with E-state index in [1.165, 1.54) is 4.81 Å². The van der Waals surface area contributed by atoms with Crippen LogP contribution in [0.2, 0.25) is 6.82 Å². The fourth-order valence-corrected chi connectivity index (χ4v) is 2.09. The van der Waals surface area contributed by atoms with Crippen LogP contribution in [0.1, 0.15) is 12.0 Å². The lowest BCUT2D eigenvalue weighted by atomic mass is 9.58. The van der Waals surface area contributed by atoms with Crippen LogP contribution < -0.4 is 5.32 Å². The van der Waals surface area contributed by atoms with Crippen molar-refractivity contribution in [3.8, 4) is 0 Å². The average Bonchev–Trinajstić information content (AvgIpc) is 2.30. The van der Waals surface area contributed by atoms with E-state index in [9.17, 15) is 9.59 Å². The first-order valence-electron chi connectivity index (χ1n) is 5.82. The molecule has 0 spiro atoms. The molecule has 0 radical (unpaired) electrons. The van der Waals surface area contributed by atoms with Gasteiger partial charge < -0.3 is 10.1 Å². The minimum Gasteiger partial charge on any atom is -0.338 e. The van der Waals surface area contributed by atoms with Crippen molar-refractivity contribution < 1.29 is 9.59 Å². The molecule has 1 aromatic carbocycles. The van der Waals surface area contributed by atoms with Gasteiger partial charge in [-0.1, -0.05) is 42.7 Å². The molecule has 2 rings (SSSR count). The number of hydrogen-bond donors (Lipinski definition) is 1. The van der Waals surface area contributed by atoms with Gasteiger partial charge in [0, 0.05) is 13.0 Å². The van der Waals surface area contributed by atoms with Crippen LogP contribution in [0, 0.1) is 0 Å². The van der Waals surface area contributed by atoms with Gasteiger partial charge in [-0.25, -0.2) is 4.79 Å². The molecule has 1 fully saturated rings. The highest BCUT2D eigenvalue weighted by Gasteiger charge is 2.31. The van der Waals surface area contributed by atoms with Crippen LogP contribution in [0.15, 0.2) is 30.3 Å². The third-order valence-corrected chi connectivity index (χ3v) is 2.92. The van der Waals surface area contributed by atoms with Gasteiger partial charge in [0.15, 0.2) is 0 Å². The highest BCUT2D eigenvalue weighted by molar-refractivity contribution is 6.60. The number of benzene rings is 1. The van der Waals surface area contributed by atoms with Crippen LogP contribution in [-0.4, -0.2) is 30.1 Å². The lowest BCUT2D eigenvalue weighted by Gasteiger charge is -2.29. The number of amides is 3. The average molecular weight is 230 g/mol. The molecule has 0 unspecified atom stereocenters. The summed E-state index contributed by atoms with van der Waals surface area (Å²) >= 11 is 0. The van der Waals surface area contributed by atoms with Gasteiger partial charge in [-0.15, -0.1) is 0 Å². The van der Waals surface area contributed by atoms with Crippen LogP contribution in [0.25, 0.3) is 0 Å². The zero-order valence-electron chi connectivity index (χ0n) is 9.85. The molecule has 1 N–H and O–H groups in total. The van der Waals surface area contributed by atoms with Crippen LogP contribution in [-0.2, 0) is 11.1 Å². The quantitative estimate of drug-likeness (QED) is 0.796. The Bertz CT molecular complexity index is 406. The maximum atomic E-state index is 11.7. The number of nitrogens with one attached hydrogen (secondary N) is 1. The minimum absolute atomic E-state index is 0.0859. The molecule has 0 saturated carbocycles. The van der Waals surface area contributed by atoms with E-state index in [1.807, 2.05) is 37.2 Å². The monoisotopic (exact) mass is 230 g/mol. The first-order chi connectivity index (χ1) is 8.18. The Labute approximate surface area is 101 Å². The topological polar surface area (TPSA) is 49.4 Å². The second kappa shape index (κ2) is 5.04. The molecule has 0 aliphatic carbocycles. The molecule has 1 aliphatic rings. The van der Waals surface area contributed by atoms with Gasteiger partial charge in [-0.3, -0.25) is 4.79 Å². The SMILES string of the molecule is CB(Cc1ccccc1)N1C(=O)CCNC1=O. The molecule has 88 valence electrons. The van der Waals surface area contributed by atoms with Gasteiger partial charge >= 0.3 is 6.03 Å². The summed E-state index contributed by atoms with van der Waals surface area (Å²) in [5.41, 5.74) is 1.13. The molecule has 5 heteroatoms. The maximum absolute atomic E-state index is 11.7. The smallest absolute Gasteiger partial charge is 0.311 e. The van der Waals surface area contributed by atoms with Crippen molar-refractivity contribution >= 4 is 18.8 Å². The Kier molecular flexibility index (Phi) is 3.47. The summed E-state index contributed by atoms with van der Waals surface area (Å²) in [6.45, 7) is 2.24. The lowest BCUT2D eigenvalue weighted by molar-refractivity contribution is -0.125. The van der Waals surface area contributed by atoms with Crippen molar-refractivity contribution in [2.45, 2.75) is 19.6 Å². The number of carbonyl (C=O) groups excluding carboxylic acids is 2. The highest BCUT2D eigenvalue weighted by Crippen LogP contribution is 2.10. The second-order valence-corrected chi connectivity index (χ2v) is 4.28. The van der Waals surface area contributed by atoms with Gasteiger partial charge in [-0.2, -0.15) is 0 Å². The number of hydrogen-bond acceptors (Lipinski definition) is 2. The number of carbonyl (C=O) groups is 2. The number of rotatable bonds is 3. The first-order valence-corrected chi connectivity index (χ1v) is 5.82. The molecule has 1 aliphatic heterocycles. The van der Waals surface area contributed by atoms with Crippen LogP contribution in [0.3, 0.4) is 0 Å². The largest absolute Gasteiger partial charge is 0.338 e. The molecular weight excluding hydrogens is 215 g/mol. The van der Waals surface area contributed by atoms with Crippen molar-refractivity contribution in [3.63, 3.8) is 0 Å². The van der Waals surface area contributed by atoms with E-state index in [-0.39, 0.29) is 18.8 Å². The fraction of sp³-hybridized carbons (Fsp3) is 0.333. The summed E-state index contributed by atoms with van der Waals surface area (Å²) in [5.74, 6) is -0.0859. The van der Waals surface area contributed by atoms with E-state index in [0.717, 1.165) is 5.56 Å². The van der Waals surface area contributed by atoms with Gasteiger partial charge in [0.25, 0.3) is 6.85 Å². The molecule has 0 aromatic heterocycles. The summed E-state index contributed by atoms with van der Waals surface area (Å²) in [6.07, 6.45) is 1.09. The molecule has 0 atom stereocenters. The third kappa shape index (κ3) is 2.67. The highest BCUT2D eigenvalue weighted by atomic mass is 16.2. The molecule has 3 amide bonds. The zero-order chi connectivity index (χ0) is 12.3. The van der Waals surface area contributed by atoms with Gasteiger partial charge in [0.1, 0.15) is 0 Å². The summed E-state index contributed by atoms with van der Waals surface area (Å²) in [6, 6.07) is 9.60. The van der Waals surface area contributed by atoms with Crippen LogP contribution in [0.4, 0.5) is 4.79 Å². The van der Waals surface area contributed by atoms with Crippen molar-refractivity contribution in [2.75, 3.05) is 6.54 Å². The molecule has 1 aromatic rings. The van der Waals surface area contributed by atoms with Gasteiger partial charge in [0.2, 0.25) is 5.91 Å². The Morgan fingerprint density at radius 3 is 2.65 bits per heavy atom. The normalized spacial score (nSPS) is 15.7. The van der Waals surface area contributed by atoms with Gasteiger partial charge in [0.05, 0.1) is 0 Å². The van der Waals surface area contributed by atoms with E-state index in [1.54, 1.807) is 0 Å². The molecule has 1 heterocycles. The van der Waals surface area contributed by atoms with Crippen molar-refractivity contribution in [1.29, 1.82) is 0 Å². The second-order valence-electron chi connectivity index (χ2n) is 4.28. The van der Waals surface area contributed by atoms with E-state index in [0.29, 0.717) is 19.3 Å². The summed E-state index contributed by atoms with van der Waals surface area (Å²) in [4.78, 5) is 24.7. The van der Waals surface area contributed by atoms with Crippen molar-refractivity contribution in [3.05, 3.63) is 35.9 Å². The van der Waals surface area contributed by atoms with E-state index >= 15 is 0 Å². The number of urea groups is 1. The molecule has 1 saturated heterocycles. The summed E-state index contributed by atoms with van der Waals surface area (Å²) in [7, 11) is 0. The molecule has 17 heavy (non-hydrogen) atoms. The van der Waals surface area contributed by atoms with Crippen LogP contribution >= 0.6 is 0 Å². The van der Waals surface area contributed by atoms with E-state index < -0.39 is 0 Å². The molecule has 4 nitrogen and oxygen atoms in total. The molecule has 0 bridgehead atoms. The Morgan fingerprint density at radius 1 is 1.29 bits per heavy atom. The minimum atomic E-state index is -0.273.